The largest absolute Gasteiger partial charge is 0.599 e. The summed E-state index contributed by atoms with van der Waals surface area (Å²) >= 11 is 0. The first-order valence-corrected chi connectivity index (χ1v) is 19.3. The summed E-state index contributed by atoms with van der Waals surface area (Å²) in [6.07, 6.45) is -11.8. The molecule has 58 heavy (non-hydrogen) atoms. The fraction of sp³-hybridized carbons (Fsp3) is 0.340. The summed E-state index contributed by atoms with van der Waals surface area (Å²) in [5, 5.41) is 0. The van der Waals surface area contributed by atoms with Crippen LogP contribution in [-0.2, 0) is 20.1 Å². The lowest BCUT2D eigenvalue weighted by atomic mass is 9.84. The van der Waals surface area contributed by atoms with Gasteiger partial charge in [0.25, 0.3) is 5.60 Å². The van der Waals surface area contributed by atoms with Gasteiger partial charge in [0.15, 0.2) is 0 Å². The number of hydrogen-bond acceptors (Lipinski definition) is 3. The van der Waals surface area contributed by atoms with Crippen molar-refractivity contribution in [2.45, 2.75) is 104 Å². The normalized spacial score (nSPS) is 17.7. The van der Waals surface area contributed by atoms with E-state index >= 15 is 26.3 Å². The van der Waals surface area contributed by atoms with Gasteiger partial charge in [-0.1, -0.05) is 144 Å². The van der Waals surface area contributed by atoms with Gasteiger partial charge in [-0.3, -0.25) is 0 Å². The number of hydrogen-bond donors (Lipinski definition) is 0. The van der Waals surface area contributed by atoms with Crippen LogP contribution >= 0.6 is 0 Å². The molecule has 3 heterocycles. The van der Waals surface area contributed by atoms with E-state index in [1.807, 2.05) is 104 Å². The Morgan fingerprint density at radius 1 is 0.621 bits per heavy atom. The molecule has 4 nitrogen and oxygen atoms in total. The van der Waals surface area contributed by atoms with Gasteiger partial charge in [0.1, 0.15) is 0 Å². The molecule has 302 valence electrons. The monoisotopic (exact) mass is 796 g/mol. The molecule has 0 aliphatic carbocycles. The van der Waals surface area contributed by atoms with Crippen LogP contribution in [0.2, 0.25) is 0 Å². The van der Waals surface area contributed by atoms with Gasteiger partial charge in [0.2, 0.25) is 0 Å². The Morgan fingerprint density at radius 3 is 1.59 bits per heavy atom. The predicted molar refractivity (Wildman–Crippen MR) is 221 cm³/mol. The Kier molecular flexibility index (Phi) is 9.88. The lowest BCUT2D eigenvalue weighted by Gasteiger charge is -2.41. The highest BCUT2D eigenvalue weighted by atomic mass is 19.4. The molecule has 1 aromatic heterocycles. The molecule has 2 aliphatic rings. The second-order valence-corrected chi connectivity index (χ2v) is 17.9. The van der Waals surface area contributed by atoms with Gasteiger partial charge >= 0.3 is 19.6 Å². The van der Waals surface area contributed by atoms with Gasteiger partial charge in [0.05, 0.1) is 17.0 Å². The van der Waals surface area contributed by atoms with Crippen LogP contribution in [0.4, 0.5) is 26.3 Å². The van der Waals surface area contributed by atoms with Crippen molar-refractivity contribution < 1.29 is 35.7 Å². The van der Waals surface area contributed by atoms with Gasteiger partial charge in [0, 0.05) is 33.6 Å². The number of aromatic nitrogens is 1. The van der Waals surface area contributed by atoms with Crippen LogP contribution in [0.25, 0.3) is 33.7 Å². The molecule has 0 radical (unpaired) electrons. The van der Waals surface area contributed by atoms with E-state index in [9.17, 15) is 0 Å². The summed E-state index contributed by atoms with van der Waals surface area (Å²) in [4.78, 5) is 5.18. The van der Waals surface area contributed by atoms with Gasteiger partial charge in [-0.2, -0.15) is 26.3 Å². The van der Waals surface area contributed by atoms with Crippen molar-refractivity contribution in [3.63, 3.8) is 0 Å². The van der Waals surface area contributed by atoms with Crippen molar-refractivity contribution in [1.29, 1.82) is 0 Å². The molecular formula is C47H47BF6N2O2. The molecule has 0 amide bonds. The minimum absolute atomic E-state index is 0.185. The molecule has 0 atom stereocenters. The zero-order valence-electron chi connectivity index (χ0n) is 34.4. The number of allylic oxidation sites excluding steroid dienone is 1. The Balaban J connectivity index is 1.58. The van der Waals surface area contributed by atoms with E-state index in [1.54, 1.807) is 13.0 Å². The summed E-state index contributed by atoms with van der Waals surface area (Å²) in [6, 6.07) is 32.7. The number of fused-ring (bicyclic) bond motifs is 1. The van der Waals surface area contributed by atoms with E-state index in [0.29, 0.717) is 45.1 Å². The lowest BCUT2D eigenvalue weighted by Crippen LogP contribution is -2.67. The van der Waals surface area contributed by atoms with Crippen LogP contribution in [0.1, 0.15) is 101 Å². The average molecular weight is 797 g/mol. The van der Waals surface area contributed by atoms with Crippen molar-refractivity contribution in [2.75, 3.05) is 0 Å². The zero-order valence-corrected chi connectivity index (χ0v) is 34.4. The Labute approximate surface area is 336 Å². The number of alkyl halides is 6. The number of aryl methyl sites for hydroxylation is 1. The van der Waals surface area contributed by atoms with Gasteiger partial charge in [-0.05, 0) is 72.4 Å². The van der Waals surface area contributed by atoms with E-state index in [4.69, 9.17) is 14.3 Å². The van der Waals surface area contributed by atoms with E-state index in [1.165, 1.54) is 4.48 Å². The molecule has 0 N–H and O–H groups in total. The van der Waals surface area contributed by atoms with Crippen LogP contribution in [0, 0.1) is 6.92 Å². The Hall–Kier alpha value is -4.87. The van der Waals surface area contributed by atoms with Crippen molar-refractivity contribution in [3.05, 3.63) is 142 Å². The number of nitrogens with zero attached hydrogens (tertiary/aromatic N) is 2. The molecule has 0 spiro atoms. The highest BCUT2D eigenvalue weighted by Gasteiger charge is 2.83. The SMILES string of the molecule is C/C(=C1/N=C(c2ccc(C)cc2)c2ccccc21)c1c(-c2ccc(C(C)(C)C)cc2)cc(-c2ccc(C(C)(C)C)cc2)n1B1OC(C)(C)C(C(F)(F)F)(C(F)(F)F)O1. The van der Waals surface area contributed by atoms with E-state index in [0.717, 1.165) is 47.2 Å². The first-order chi connectivity index (χ1) is 26.9. The summed E-state index contributed by atoms with van der Waals surface area (Å²) < 4.78 is 103. The quantitative estimate of drug-likeness (QED) is 0.131. The van der Waals surface area contributed by atoms with E-state index < -0.39 is 30.8 Å². The van der Waals surface area contributed by atoms with Crippen molar-refractivity contribution in [2.24, 2.45) is 4.99 Å². The summed E-state index contributed by atoms with van der Waals surface area (Å²) in [5.41, 5.74) is 1.73. The molecule has 7 rings (SSSR count). The minimum Gasteiger partial charge on any atom is -0.383 e. The molecule has 1 fully saturated rings. The van der Waals surface area contributed by atoms with Gasteiger partial charge in [-0.25, -0.2) is 4.99 Å². The highest BCUT2D eigenvalue weighted by molar-refractivity contribution is 6.45. The maximum absolute atomic E-state index is 15.0. The third-order valence-electron chi connectivity index (χ3n) is 11.4. The zero-order chi connectivity index (χ0) is 42.4. The molecule has 0 bridgehead atoms. The number of aliphatic imine (C=N–C) groups is 1. The van der Waals surface area contributed by atoms with Gasteiger partial charge < -0.3 is 13.8 Å². The molecule has 0 unspecified atom stereocenters. The fourth-order valence-corrected chi connectivity index (χ4v) is 8.05. The van der Waals surface area contributed by atoms with Crippen molar-refractivity contribution >= 4 is 24.2 Å². The molecule has 5 aromatic rings. The lowest BCUT2D eigenvalue weighted by molar-refractivity contribution is -0.377. The third kappa shape index (κ3) is 6.83. The molecule has 2 aliphatic heterocycles. The first-order valence-electron chi connectivity index (χ1n) is 19.3. The molecule has 11 heteroatoms. The summed E-state index contributed by atoms with van der Waals surface area (Å²) in [5.74, 6) is 0. The number of benzene rings is 4. The van der Waals surface area contributed by atoms with Crippen LogP contribution in [-0.4, -0.2) is 41.0 Å². The Bertz CT molecular complexity index is 2410. The summed E-state index contributed by atoms with van der Waals surface area (Å²) in [7, 11) is -2.17. The number of halogens is 6. The number of rotatable bonds is 5. The highest BCUT2D eigenvalue weighted by Crippen LogP contribution is 2.58. The van der Waals surface area contributed by atoms with Crippen LogP contribution in [0.3, 0.4) is 0 Å². The van der Waals surface area contributed by atoms with E-state index in [-0.39, 0.29) is 10.8 Å². The predicted octanol–water partition coefficient (Wildman–Crippen LogP) is 13.0. The van der Waals surface area contributed by atoms with Crippen LogP contribution < -0.4 is 0 Å². The fourth-order valence-electron chi connectivity index (χ4n) is 8.05. The maximum atomic E-state index is 15.0. The second kappa shape index (κ2) is 13.9. The van der Waals surface area contributed by atoms with Crippen LogP contribution in [0.5, 0.6) is 0 Å². The third-order valence-corrected chi connectivity index (χ3v) is 11.4. The Morgan fingerprint density at radius 2 is 1.10 bits per heavy atom. The maximum Gasteiger partial charge on any atom is 0.599 e. The second-order valence-electron chi connectivity index (χ2n) is 17.9. The molecule has 1 saturated heterocycles. The van der Waals surface area contributed by atoms with Gasteiger partial charge in [-0.15, -0.1) is 0 Å². The standard InChI is InChI=1S/C47H47BF6N2O2/c1-28-15-17-32(18-16-28)40-36-14-12-11-13-35(36)39(55-40)29(2)41-37(30-19-23-33(24-20-30)42(3,4)5)27-38(31-21-25-34(26-22-31)43(6,7)8)56(41)48-57-44(9,10)45(58-48,46(49,50)51)47(52,53)54/h11-27H,1-10H3/b39-29-. The smallest absolute Gasteiger partial charge is 0.383 e. The van der Waals surface area contributed by atoms with Crippen LogP contribution in [0.15, 0.2) is 108 Å². The van der Waals surface area contributed by atoms with E-state index in [2.05, 4.69) is 41.5 Å². The molecular weight excluding hydrogens is 749 g/mol. The molecule has 4 aromatic carbocycles. The topological polar surface area (TPSA) is 35.8 Å². The van der Waals surface area contributed by atoms with Crippen molar-refractivity contribution in [1.82, 2.24) is 4.48 Å². The van der Waals surface area contributed by atoms with Crippen molar-refractivity contribution in [3.8, 4) is 22.4 Å². The summed E-state index contributed by atoms with van der Waals surface area (Å²) in [6.45, 7) is 17.8. The first kappa shape index (κ1) is 41.3. The minimum atomic E-state index is -5.89. The average Bonchev–Trinajstić information content (AvgIpc) is 3.81. The molecule has 0 saturated carbocycles.